The molecule has 114 valence electrons. The highest BCUT2D eigenvalue weighted by molar-refractivity contribution is 5.69. The minimum atomic E-state index is -0.457. The summed E-state index contributed by atoms with van der Waals surface area (Å²) in [6, 6.07) is 0. The summed E-state index contributed by atoms with van der Waals surface area (Å²) in [5.41, 5.74) is 0. The highest BCUT2D eigenvalue weighted by atomic mass is 17.2. The van der Waals surface area contributed by atoms with E-state index in [0.717, 1.165) is 0 Å². The van der Waals surface area contributed by atoms with E-state index < -0.39 is 11.9 Å². The Balaban J connectivity index is 1.35. The van der Waals surface area contributed by atoms with Crippen LogP contribution in [0.5, 0.6) is 0 Å². The van der Waals surface area contributed by atoms with Crippen molar-refractivity contribution in [1.29, 1.82) is 0 Å². The molecule has 0 aromatic carbocycles. The Kier molecular flexibility index (Phi) is 6.19. The van der Waals surface area contributed by atoms with E-state index in [-0.39, 0.29) is 38.3 Å². The predicted octanol–water partition coefficient (Wildman–Crippen LogP) is 0.294. The maximum absolute atomic E-state index is 11.2. The Morgan fingerprint density at radius 3 is 1.60 bits per heavy atom. The molecule has 0 bridgehead atoms. The largest absolute Gasteiger partial charge is 0.370 e. The number of hydrogen-bond acceptors (Lipinski definition) is 8. The van der Waals surface area contributed by atoms with Crippen LogP contribution < -0.4 is 0 Å². The number of ether oxygens (including phenoxy) is 2. The third-order valence-electron chi connectivity index (χ3n) is 2.63. The first-order valence-electron chi connectivity index (χ1n) is 6.62. The minimum absolute atomic E-state index is 0.0543. The van der Waals surface area contributed by atoms with Crippen LogP contribution in [-0.4, -0.2) is 50.6 Å². The fourth-order valence-corrected chi connectivity index (χ4v) is 1.30. The Hall–Kier alpha value is -1.22. The maximum atomic E-state index is 11.2. The van der Waals surface area contributed by atoms with Crippen LogP contribution in [0.4, 0.5) is 0 Å². The molecule has 0 aromatic heterocycles. The predicted molar refractivity (Wildman–Crippen MR) is 62.0 cm³/mol. The fourth-order valence-electron chi connectivity index (χ4n) is 1.30. The van der Waals surface area contributed by atoms with Gasteiger partial charge in [0.1, 0.15) is 25.4 Å². The van der Waals surface area contributed by atoms with E-state index in [1.54, 1.807) is 0 Å². The molecule has 2 atom stereocenters. The first-order chi connectivity index (χ1) is 9.74. The molecule has 2 fully saturated rings. The minimum Gasteiger partial charge on any atom is -0.370 e. The van der Waals surface area contributed by atoms with E-state index in [1.165, 1.54) is 0 Å². The molecule has 2 saturated heterocycles. The van der Waals surface area contributed by atoms with Gasteiger partial charge in [0.05, 0.1) is 13.2 Å². The summed E-state index contributed by atoms with van der Waals surface area (Å²) < 4.78 is 9.76. The quantitative estimate of drug-likeness (QED) is 0.232. The van der Waals surface area contributed by atoms with Crippen LogP contribution in [0.3, 0.4) is 0 Å². The number of hydrogen-bond donors (Lipinski definition) is 0. The van der Waals surface area contributed by atoms with Crippen molar-refractivity contribution >= 4 is 11.9 Å². The second-order valence-electron chi connectivity index (χ2n) is 4.60. The van der Waals surface area contributed by atoms with Crippen LogP contribution in [-0.2, 0) is 38.6 Å². The van der Waals surface area contributed by atoms with Crippen molar-refractivity contribution < 1.29 is 38.6 Å². The summed E-state index contributed by atoms with van der Waals surface area (Å²) in [4.78, 5) is 40.8. The molecule has 0 aliphatic carbocycles. The highest BCUT2D eigenvalue weighted by Gasteiger charge is 2.24. The lowest BCUT2D eigenvalue weighted by Crippen LogP contribution is -2.10. The van der Waals surface area contributed by atoms with Crippen LogP contribution in [0, 0.1) is 0 Å². The van der Waals surface area contributed by atoms with Gasteiger partial charge in [-0.1, -0.05) is 0 Å². The summed E-state index contributed by atoms with van der Waals surface area (Å²) >= 11 is 0. The van der Waals surface area contributed by atoms with E-state index in [4.69, 9.17) is 9.47 Å². The summed E-state index contributed by atoms with van der Waals surface area (Å²) in [5.74, 6) is -0.915. The van der Waals surface area contributed by atoms with Gasteiger partial charge < -0.3 is 9.47 Å². The normalized spacial score (nSPS) is 23.2. The molecule has 2 heterocycles. The van der Waals surface area contributed by atoms with Crippen LogP contribution >= 0.6 is 0 Å². The van der Waals surface area contributed by atoms with Gasteiger partial charge in [0.25, 0.3) is 0 Å². The first kappa shape index (κ1) is 15.2. The second kappa shape index (κ2) is 8.15. The molecular weight excluding hydrogens is 272 g/mol. The summed E-state index contributed by atoms with van der Waals surface area (Å²) in [6.07, 6.45) is 1.52. The Morgan fingerprint density at radius 2 is 1.25 bits per heavy atom. The van der Waals surface area contributed by atoms with Crippen LogP contribution in [0.2, 0.25) is 0 Å². The van der Waals surface area contributed by atoms with Gasteiger partial charge in [-0.3, -0.25) is 9.78 Å². The van der Waals surface area contributed by atoms with Crippen molar-refractivity contribution in [3.05, 3.63) is 0 Å². The van der Waals surface area contributed by atoms with Gasteiger partial charge in [0, 0.05) is 12.8 Å². The second-order valence-corrected chi connectivity index (χ2v) is 4.60. The molecular formula is C12H18O8. The lowest BCUT2D eigenvalue weighted by molar-refractivity contribution is -0.275. The molecule has 0 radical (unpaired) electrons. The molecule has 0 saturated carbocycles. The van der Waals surface area contributed by atoms with Crippen molar-refractivity contribution in [3.8, 4) is 0 Å². The van der Waals surface area contributed by atoms with E-state index in [2.05, 4.69) is 19.6 Å². The van der Waals surface area contributed by atoms with E-state index in [0.29, 0.717) is 26.1 Å². The molecule has 0 amide bonds. The average molecular weight is 290 g/mol. The van der Waals surface area contributed by atoms with Crippen molar-refractivity contribution in [1.82, 2.24) is 0 Å². The number of rotatable bonds is 11. The van der Waals surface area contributed by atoms with E-state index in [1.807, 2.05) is 0 Å². The molecule has 2 aliphatic heterocycles. The van der Waals surface area contributed by atoms with Gasteiger partial charge in [0.15, 0.2) is 0 Å². The topological polar surface area (TPSA) is 96.1 Å². The zero-order chi connectivity index (χ0) is 14.2. The van der Waals surface area contributed by atoms with Crippen LogP contribution in [0.15, 0.2) is 0 Å². The SMILES string of the molecule is O=C(CCCCC(=O)OOCC1CO1)OOCC1CO1. The zero-order valence-corrected chi connectivity index (χ0v) is 11.1. The molecule has 8 nitrogen and oxygen atoms in total. The molecule has 2 unspecified atom stereocenters. The summed E-state index contributed by atoms with van der Waals surface area (Å²) in [6.45, 7) is 1.82. The van der Waals surface area contributed by atoms with E-state index in [9.17, 15) is 9.59 Å². The van der Waals surface area contributed by atoms with Crippen molar-refractivity contribution in [2.24, 2.45) is 0 Å². The Labute approximate surface area is 116 Å². The molecule has 8 heteroatoms. The summed E-state index contributed by atoms with van der Waals surface area (Å²) in [7, 11) is 0. The Morgan fingerprint density at radius 1 is 0.850 bits per heavy atom. The number of epoxide rings is 2. The van der Waals surface area contributed by atoms with Gasteiger partial charge in [-0.25, -0.2) is 9.59 Å². The van der Waals surface area contributed by atoms with Crippen molar-refractivity contribution in [2.45, 2.75) is 37.9 Å². The third-order valence-corrected chi connectivity index (χ3v) is 2.63. The molecule has 2 rings (SSSR count). The van der Waals surface area contributed by atoms with Crippen molar-refractivity contribution in [3.63, 3.8) is 0 Å². The molecule has 0 spiro atoms. The average Bonchev–Trinajstić information content (AvgIpc) is 3.28. The maximum Gasteiger partial charge on any atom is 0.342 e. The third kappa shape index (κ3) is 7.39. The molecule has 0 aromatic rings. The van der Waals surface area contributed by atoms with Crippen LogP contribution in [0.25, 0.3) is 0 Å². The van der Waals surface area contributed by atoms with Gasteiger partial charge in [-0.15, -0.1) is 0 Å². The fraction of sp³-hybridized carbons (Fsp3) is 0.833. The smallest absolute Gasteiger partial charge is 0.342 e. The highest BCUT2D eigenvalue weighted by Crippen LogP contribution is 2.10. The van der Waals surface area contributed by atoms with Gasteiger partial charge >= 0.3 is 11.9 Å². The van der Waals surface area contributed by atoms with E-state index >= 15 is 0 Å². The Bertz CT molecular complexity index is 291. The van der Waals surface area contributed by atoms with Gasteiger partial charge in [-0.05, 0) is 12.8 Å². The lowest BCUT2D eigenvalue weighted by atomic mass is 10.2. The number of unbranched alkanes of at least 4 members (excludes halogenated alkanes) is 1. The van der Waals surface area contributed by atoms with Crippen molar-refractivity contribution in [2.75, 3.05) is 26.4 Å². The monoisotopic (exact) mass is 290 g/mol. The molecule has 20 heavy (non-hydrogen) atoms. The molecule has 2 aliphatic rings. The zero-order valence-electron chi connectivity index (χ0n) is 11.1. The first-order valence-corrected chi connectivity index (χ1v) is 6.62. The lowest BCUT2D eigenvalue weighted by Gasteiger charge is -2.03. The standard InChI is InChI=1S/C12H18O8/c13-11(19-17-7-9-5-15-9)3-1-2-4-12(14)20-18-8-10-6-16-10/h9-10H,1-8H2. The molecule has 0 N–H and O–H groups in total. The van der Waals surface area contributed by atoms with Gasteiger partial charge in [-0.2, -0.15) is 9.78 Å². The summed E-state index contributed by atoms with van der Waals surface area (Å²) in [5, 5.41) is 0. The van der Waals surface area contributed by atoms with Gasteiger partial charge in [0.2, 0.25) is 0 Å². The van der Waals surface area contributed by atoms with Crippen LogP contribution in [0.1, 0.15) is 25.7 Å². The number of carbonyl (C=O) groups excluding carboxylic acids is 2. The number of carbonyl (C=O) groups is 2.